The topological polar surface area (TPSA) is 54.4 Å². The molecule has 1 aromatic carbocycles. The quantitative estimate of drug-likeness (QED) is 0.455. The van der Waals surface area contributed by atoms with Gasteiger partial charge < -0.3 is 0 Å². The Morgan fingerprint density at radius 2 is 1.22 bits per heavy atom. The highest BCUT2D eigenvalue weighted by molar-refractivity contribution is 7.86. The normalized spacial score (nSPS) is 12.6. The molecule has 0 aliphatic carbocycles. The van der Waals surface area contributed by atoms with Gasteiger partial charge in [0.05, 0.1) is 5.56 Å². The van der Waals surface area contributed by atoms with Crippen molar-refractivity contribution < 1.29 is 39.3 Å². The van der Waals surface area contributed by atoms with Crippen molar-refractivity contribution in [1.29, 1.82) is 0 Å². The third-order valence-corrected chi connectivity index (χ3v) is 1.98. The van der Waals surface area contributed by atoms with E-state index in [0.29, 0.717) is 0 Å². The molecule has 104 valence electrons. The van der Waals surface area contributed by atoms with Crippen molar-refractivity contribution in [3.05, 3.63) is 35.9 Å². The Labute approximate surface area is 97.8 Å². The van der Waals surface area contributed by atoms with Crippen molar-refractivity contribution in [2.24, 2.45) is 0 Å². The van der Waals surface area contributed by atoms with Crippen LogP contribution in [0.25, 0.3) is 0 Å². The van der Waals surface area contributed by atoms with E-state index in [1.807, 2.05) is 0 Å². The molecule has 0 unspecified atom stereocenters. The minimum absolute atomic E-state index is 0.602. The number of hydrogen-bond donors (Lipinski definition) is 1. The number of hydrogen-bond acceptors (Lipinski definition) is 2. The van der Waals surface area contributed by atoms with Crippen molar-refractivity contribution in [1.82, 2.24) is 0 Å². The molecule has 0 heterocycles. The molecule has 0 aromatic heterocycles. The van der Waals surface area contributed by atoms with Crippen LogP contribution in [0.4, 0.5) is 26.3 Å². The van der Waals surface area contributed by atoms with E-state index in [9.17, 15) is 26.3 Å². The summed E-state index contributed by atoms with van der Waals surface area (Å²) in [4.78, 5) is 0. The summed E-state index contributed by atoms with van der Waals surface area (Å²) in [5.74, 6) is 0. The Hall–Kier alpha value is -1.29. The van der Waals surface area contributed by atoms with Gasteiger partial charge in [-0.05, 0) is 0 Å². The van der Waals surface area contributed by atoms with Crippen LogP contribution in [0.15, 0.2) is 30.3 Å². The van der Waals surface area contributed by atoms with E-state index < -0.39 is 27.4 Å². The lowest BCUT2D eigenvalue weighted by Gasteiger charge is -2.03. The van der Waals surface area contributed by atoms with E-state index in [1.165, 1.54) is 12.1 Å². The Morgan fingerprint density at radius 3 is 1.39 bits per heavy atom. The average molecular weight is 296 g/mol. The molecule has 0 atom stereocenters. The molecule has 0 spiro atoms. The van der Waals surface area contributed by atoms with E-state index in [4.69, 9.17) is 13.0 Å². The maximum absolute atomic E-state index is 11.8. The molecule has 18 heavy (non-hydrogen) atoms. The second kappa shape index (κ2) is 5.57. The Bertz CT molecular complexity index is 462. The number of alkyl halides is 6. The van der Waals surface area contributed by atoms with Crippen LogP contribution < -0.4 is 0 Å². The highest BCUT2D eigenvalue weighted by Crippen LogP contribution is 2.28. The maximum atomic E-state index is 11.8. The molecule has 1 rings (SSSR count). The predicted octanol–water partition coefficient (Wildman–Crippen LogP) is 3.10. The van der Waals surface area contributed by atoms with Crippen molar-refractivity contribution in [3.8, 4) is 0 Å². The van der Waals surface area contributed by atoms with Crippen LogP contribution in [0.5, 0.6) is 0 Å². The van der Waals surface area contributed by atoms with Gasteiger partial charge in [0.2, 0.25) is 0 Å². The van der Waals surface area contributed by atoms with E-state index in [1.54, 1.807) is 6.07 Å². The molecular formula is C8H6F6O3S. The Morgan fingerprint density at radius 1 is 0.889 bits per heavy atom. The summed E-state index contributed by atoms with van der Waals surface area (Å²) in [5, 5.41) is 0. The Balaban J connectivity index is 0.000000331. The maximum Gasteiger partial charge on any atom is 0.522 e. The van der Waals surface area contributed by atoms with Gasteiger partial charge in [-0.1, -0.05) is 30.3 Å². The second-order valence-corrected chi connectivity index (χ2v) is 4.20. The molecule has 10 heteroatoms. The molecule has 3 nitrogen and oxygen atoms in total. The first-order valence-corrected chi connectivity index (χ1v) is 5.45. The fraction of sp³-hybridized carbons (Fsp3) is 0.250. The first-order valence-electron chi connectivity index (χ1n) is 4.01. The molecule has 0 saturated heterocycles. The fourth-order valence-electron chi connectivity index (χ4n) is 0.627. The van der Waals surface area contributed by atoms with Gasteiger partial charge in [-0.3, -0.25) is 4.55 Å². The lowest BCUT2D eigenvalue weighted by molar-refractivity contribution is -0.137. The highest BCUT2D eigenvalue weighted by Gasteiger charge is 2.44. The van der Waals surface area contributed by atoms with Gasteiger partial charge in [0.25, 0.3) is 0 Å². The van der Waals surface area contributed by atoms with E-state index in [0.717, 1.165) is 12.1 Å². The predicted molar refractivity (Wildman–Crippen MR) is 49.0 cm³/mol. The first-order chi connectivity index (χ1) is 7.86. The number of benzene rings is 1. The standard InChI is InChI=1S/C7H5F3.CHF3O3S/c8-7(9,10)6-4-2-1-3-5-6;2-1(3,4)8(5,6)7/h1-5H;(H,5,6,7). The molecule has 0 aliphatic heterocycles. The van der Waals surface area contributed by atoms with Crippen LogP contribution in [-0.4, -0.2) is 18.5 Å². The van der Waals surface area contributed by atoms with Crippen LogP contribution in [0.3, 0.4) is 0 Å². The molecule has 0 fully saturated rings. The van der Waals surface area contributed by atoms with Gasteiger partial charge >= 0.3 is 21.8 Å². The molecule has 0 radical (unpaired) electrons. The molecule has 0 bridgehead atoms. The lowest BCUT2D eigenvalue weighted by atomic mass is 10.2. The highest BCUT2D eigenvalue weighted by atomic mass is 32.2. The summed E-state index contributed by atoms with van der Waals surface area (Å²) in [6.07, 6.45) is -4.21. The fourth-order valence-corrected chi connectivity index (χ4v) is 0.627. The van der Waals surface area contributed by atoms with Crippen molar-refractivity contribution >= 4 is 10.1 Å². The van der Waals surface area contributed by atoms with Crippen molar-refractivity contribution in [2.45, 2.75) is 11.7 Å². The van der Waals surface area contributed by atoms with Crippen LogP contribution in [0.2, 0.25) is 0 Å². The molecule has 0 saturated carbocycles. The third-order valence-electron chi connectivity index (χ3n) is 1.39. The minimum atomic E-state index is -5.84. The summed E-state index contributed by atoms with van der Waals surface area (Å²) in [6.45, 7) is 0. The molecule has 0 amide bonds. The molecule has 1 N–H and O–H groups in total. The van der Waals surface area contributed by atoms with Gasteiger partial charge in [0.1, 0.15) is 0 Å². The summed E-state index contributed by atoms with van der Waals surface area (Å²) in [7, 11) is -5.84. The molecule has 1 aromatic rings. The zero-order chi connectivity index (χ0) is 14.6. The third kappa shape index (κ3) is 5.87. The largest absolute Gasteiger partial charge is 0.522 e. The van der Waals surface area contributed by atoms with Crippen LogP contribution in [0.1, 0.15) is 5.56 Å². The monoisotopic (exact) mass is 296 g/mol. The van der Waals surface area contributed by atoms with Gasteiger partial charge in [0, 0.05) is 0 Å². The zero-order valence-electron chi connectivity index (χ0n) is 8.33. The van der Waals surface area contributed by atoms with Crippen LogP contribution in [-0.2, 0) is 16.3 Å². The lowest BCUT2D eigenvalue weighted by Crippen LogP contribution is -2.21. The number of halogens is 6. The second-order valence-electron chi connectivity index (χ2n) is 2.78. The van der Waals surface area contributed by atoms with Crippen molar-refractivity contribution in [3.63, 3.8) is 0 Å². The van der Waals surface area contributed by atoms with Crippen LogP contribution in [0, 0.1) is 0 Å². The molecular weight excluding hydrogens is 290 g/mol. The first kappa shape index (κ1) is 16.7. The summed E-state index contributed by atoms with van der Waals surface area (Å²) in [5.41, 5.74) is -6.14. The molecule has 0 aliphatic rings. The van der Waals surface area contributed by atoms with Gasteiger partial charge in [-0.15, -0.1) is 0 Å². The summed E-state index contributed by atoms with van der Waals surface area (Å²) < 4.78 is 92.9. The van der Waals surface area contributed by atoms with E-state index in [-0.39, 0.29) is 0 Å². The minimum Gasteiger partial charge on any atom is -0.279 e. The Kier molecular flexibility index (Phi) is 5.17. The van der Waals surface area contributed by atoms with Gasteiger partial charge in [-0.25, -0.2) is 0 Å². The summed E-state index contributed by atoms with van der Waals surface area (Å²) in [6, 6.07) is 6.36. The van der Waals surface area contributed by atoms with Crippen LogP contribution >= 0.6 is 0 Å². The van der Waals surface area contributed by atoms with Gasteiger partial charge in [0.15, 0.2) is 0 Å². The zero-order valence-corrected chi connectivity index (χ0v) is 9.14. The van der Waals surface area contributed by atoms with E-state index >= 15 is 0 Å². The SMILES string of the molecule is FC(F)(F)c1ccccc1.O=S(=O)(O)C(F)(F)F. The average Bonchev–Trinajstić information content (AvgIpc) is 2.15. The number of rotatable bonds is 0. The van der Waals surface area contributed by atoms with Gasteiger partial charge in [-0.2, -0.15) is 34.8 Å². The summed E-state index contributed by atoms with van der Waals surface area (Å²) >= 11 is 0. The van der Waals surface area contributed by atoms with Crippen molar-refractivity contribution in [2.75, 3.05) is 0 Å². The smallest absolute Gasteiger partial charge is 0.279 e. The van der Waals surface area contributed by atoms with E-state index in [2.05, 4.69) is 0 Å².